The summed E-state index contributed by atoms with van der Waals surface area (Å²) >= 11 is 0. The maximum Gasteiger partial charge on any atom is 0.331 e. The van der Waals surface area contributed by atoms with E-state index in [-0.39, 0.29) is 11.9 Å². The second kappa shape index (κ2) is 3.32. The van der Waals surface area contributed by atoms with Gasteiger partial charge in [0.15, 0.2) is 5.78 Å². The van der Waals surface area contributed by atoms with Crippen molar-refractivity contribution in [3.05, 3.63) is 12.2 Å². The highest BCUT2D eigenvalue weighted by Gasteiger charge is 2.11. The monoisotopic (exact) mass is 154 g/mol. The van der Waals surface area contributed by atoms with E-state index in [0.29, 0.717) is 12.8 Å². The third-order valence-electron chi connectivity index (χ3n) is 1.52. The summed E-state index contributed by atoms with van der Waals surface area (Å²) in [5.74, 6) is -0.431. The standard InChI is InChI=1S/C8H10O3/c1-6-2-3-7(9)4-5-8(10)11-6/h4-6H,2-3H2,1H3/b5-4-. The van der Waals surface area contributed by atoms with Crippen molar-refractivity contribution in [3.63, 3.8) is 0 Å². The molecule has 1 unspecified atom stereocenters. The molecule has 1 aliphatic heterocycles. The predicted molar refractivity (Wildman–Crippen MR) is 38.9 cm³/mol. The number of esters is 1. The molecule has 0 bridgehead atoms. The maximum atomic E-state index is 10.8. The Balaban J connectivity index is 2.65. The Hall–Kier alpha value is -1.12. The highest BCUT2D eigenvalue weighted by atomic mass is 16.5. The molecule has 0 amide bonds. The number of hydrogen-bond donors (Lipinski definition) is 0. The largest absolute Gasteiger partial charge is 0.459 e. The molecule has 3 nitrogen and oxygen atoms in total. The average Bonchev–Trinajstić information content (AvgIpc) is 1.95. The lowest BCUT2D eigenvalue weighted by Gasteiger charge is -2.12. The van der Waals surface area contributed by atoms with E-state index in [1.54, 1.807) is 6.92 Å². The Morgan fingerprint density at radius 2 is 2.18 bits per heavy atom. The van der Waals surface area contributed by atoms with Crippen LogP contribution in [0.15, 0.2) is 12.2 Å². The van der Waals surface area contributed by atoms with Crippen LogP contribution in [0.25, 0.3) is 0 Å². The van der Waals surface area contributed by atoms with Gasteiger partial charge in [-0.3, -0.25) is 4.79 Å². The second-order valence-electron chi connectivity index (χ2n) is 2.59. The quantitative estimate of drug-likeness (QED) is 0.485. The van der Waals surface area contributed by atoms with Crippen LogP contribution in [0.5, 0.6) is 0 Å². The zero-order valence-electron chi connectivity index (χ0n) is 6.37. The van der Waals surface area contributed by atoms with Crippen LogP contribution in [0.2, 0.25) is 0 Å². The average molecular weight is 154 g/mol. The summed E-state index contributed by atoms with van der Waals surface area (Å²) in [5, 5.41) is 0. The molecule has 0 saturated heterocycles. The maximum absolute atomic E-state index is 10.8. The number of cyclic esters (lactones) is 1. The van der Waals surface area contributed by atoms with Crippen LogP contribution in [0.1, 0.15) is 19.8 Å². The van der Waals surface area contributed by atoms with Gasteiger partial charge in [0.05, 0.1) is 6.10 Å². The van der Waals surface area contributed by atoms with Crippen LogP contribution >= 0.6 is 0 Å². The summed E-state index contributed by atoms with van der Waals surface area (Å²) < 4.78 is 4.86. The molecule has 60 valence electrons. The third kappa shape index (κ3) is 2.53. The summed E-state index contributed by atoms with van der Waals surface area (Å²) in [6.45, 7) is 1.78. The first kappa shape index (κ1) is 7.98. The van der Waals surface area contributed by atoms with Crippen LogP contribution in [0.4, 0.5) is 0 Å². The summed E-state index contributed by atoms with van der Waals surface area (Å²) in [5.41, 5.74) is 0. The van der Waals surface area contributed by atoms with Crippen molar-refractivity contribution in [2.45, 2.75) is 25.9 Å². The molecule has 3 heteroatoms. The molecular weight excluding hydrogens is 144 g/mol. The number of ether oxygens (including phenoxy) is 1. The number of allylic oxidation sites excluding steroid dienone is 1. The van der Waals surface area contributed by atoms with Gasteiger partial charge in [0.1, 0.15) is 0 Å². The van der Waals surface area contributed by atoms with Crippen molar-refractivity contribution < 1.29 is 14.3 Å². The Morgan fingerprint density at radius 1 is 1.45 bits per heavy atom. The topological polar surface area (TPSA) is 43.4 Å². The first-order valence-electron chi connectivity index (χ1n) is 3.60. The van der Waals surface area contributed by atoms with Gasteiger partial charge >= 0.3 is 5.97 Å². The van der Waals surface area contributed by atoms with Gasteiger partial charge in [-0.05, 0) is 19.4 Å². The van der Waals surface area contributed by atoms with Crippen molar-refractivity contribution in [3.8, 4) is 0 Å². The predicted octanol–water partition coefficient (Wildman–Crippen LogP) is 0.837. The first-order chi connectivity index (χ1) is 5.18. The van der Waals surface area contributed by atoms with Gasteiger partial charge in [-0.25, -0.2) is 4.79 Å². The molecule has 11 heavy (non-hydrogen) atoms. The van der Waals surface area contributed by atoms with Crippen LogP contribution in [0.3, 0.4) is 0 Å². The highest BCUT2D eigenvalue weighted by molar-refractivity contribution is 5.96. The van der Waals surface area contributed by atoms with Gasteiger partial charge in [-0.2, -0.15) is 0 Å². The smallest absolute Gasteiger partial charge is 0.331 e. The van der Waals surface area contributed by atoms with Crippen molar-refractivity contribution in [1.29, 1.82) is 0 Å². The van der Waals surface area contributed by atoms with Gasteiger partial charge in [0, 0.05) is 12.5 Å². The lowest BCUT2D eigenvalue weighted by molar-refractivity contribution is -0.143. The fraction of sp³-hybridized carbons (Fsp3) is 0.500. The van der Waals surface area contributed by atoms with Crippen LogP contribution < -0.4 is 0 Å². The van der Waals surface area contributed by atoms with E-state index in [0.717, 1.165) is 0 Å². The van der Waals surface area contributed by atoms with E-state index >= 15 is 0 Å². The van der Waals surface area contributed by atoms with Gasteiger partial charge in [-0.15, -0.1) is 0 Å². The molecule has 1 rings (SSSR count). The summed E-state index contributed by atoms with van der Waals surface area (Å²) in [7, 11) is 0. The van der Waals surface area contributed by atoms with E-state index in [4.69, 9.17) is 4.74 Å². The minimum atomic E-state index is -0.425. The van der Waals surface area contributed by atoms with Gasteiger partial charge in [0.2, 0.25) is 0 Å². The van der Waals surface area contributed by atoms with Crippen molar-refractivity contribution >= 4 is 11.8 Å². The third-order valence-corrected chi connectivity index (χ3v) is 1.52. The van der Waals surface area contributed by atoms with Crippen LogP contribution in [-0.4, -0.2) is 17.9 Å². The number of rotatable bonds is 0. The first-order valence-corrected chi connectivity index (χ1v) is 3.60. The number of carbonyl (C=O) groups is 2. The molecular formula is C8H10O3. The van der Waals surface area contributed by atoms with E-state index < -0.39 is 5.97 Å². The zero-order chi connectivity index (χ0) is 8.27. The summed E-state index contributed by atoms with van der Waals surface area (Å²) in [6.07, 6.45) is 3.39. The van der Waals surface area contributed by atoms with E-state index in [1.165, 1.54) is 12.2 Å². The SMILES string of the molecule is CC1CCC(=O)/C=C\C(=O)O1. The molecule has 0 spiro atoms. The van der Waals surface area contributed by atoms with Gasteiger partial charge < -0.3 is 4.74 Å². The minimum absolute atomic E-state index is 0.00602. The fourth-order valence-electron chi connectivity index (χ4n) is 0.886. The number of carbonyl (C=O) groups excluding carboxylic acids is 2. The molecule has 0 aromatic carbocycles. The molecule has 0 saturated carbocycles. The molecule has 0 aromatic heterocycles. The lowest BCUT2D eigenvalue weighted by Crippen LogP contribution is -2.16. The number of hydrogen-bond acceptors (Lipinski definition) is 3. The van der Waals surface area contributed by atoms with E-state index in [2.05, 4.69) is 0 Å². The Labute approximate surface area is 65.0 Å². The second-order valence-corrected chi connectivity index (χ2v) is 2.59. The van der Waals surface area contributed by atoms with Crippen LogP contribution in [0, 0.1) is 0 Å². The van der Waals surface area contributed by atoms with Gasteiger partial charge in [0.25, 0.3) is 0 Å². The molecule has 1 heterocycles. The Kier molecular flexibility index (Phi) is 2.41. The Bertz CT molecular complexity index is 205. The van der Waals surface area contributed by atoms with Crippen molar-refractivity contribution in [2.24, 2.45) is 0 Å². The molecule has 0 aliphatic carbocycles. The van der Waals surface area contributed by atoms with E-state index in [9.17, 15) is 9.59 Å². The minimum Gasteiger partial charge on any atom is -0.459 e. The summed E-state index contributed by atoms with van der Waals surface area (Å²) in [4.78, 5) is 21.6. The molecule has 0 fully saturated rings. The number of ketones is 1. The van der Waals surface area contributed by atoms with E-state index in [1.807, 2.05) is 0 Å². The normalized spacial score (nSPS) is 28.6. The molecule has 0 radical (unpaired) electrons. The Morgan fingerprint density at radius 3 is 2.91 bits per heavy atom. The van der Waals surface area contributed by atoms with Gasteiger partial charge in [-0.1, -0.05) is 0 Å². The fourth-order valence-corrected chi connectivity index (χ4v) is 0.886. The van der Waals surface area contributed by atoms with Crippen LogP contribution in [-0.2, 0) is 14.3 Å². The zero-order valence-corrected chi connectivity index (χ0v) is 6.37. The molecule has 0 aromatic rings. The molecule has 0 N–H and O–H groups in total. The molecule has 1 aliphatic rings. The summed E-state index contributed by atoms with van der Waals surface area (Å²) in [6, 6.07) is 0. The van der Waals surface area contributed by atoms with Crippen molar-refractivity contribution in [2.75, 3.05) is 0 Å². The van der Waals surface area contributed by atoms with Crippen molar-refractivity contribution in [1.82, 2.24) is 0 Å². The molecule has 1 atom stereocenters. The highest BCUT2D eigenvalue weighted by Crippen LogP contribution is 2.06. The lowest BCUT2D eigenvalue weighted by atomic mass is 10.1.